The molecule has 2 amide bonds. The standard InChI is InChI=1S/C26H42N2O5/c1-16(2)33-25(30)27-13-17(3)28(24(29)19-4-5-19)22-11-8-20(12-23(22)27)18-6-9-21(10-7-18)26(31)14-32-15-26/h16-23,31H,4-15H2,1-3H3/t17-,18?,20?,21?,22?,23?/m0/s1. The fourth-order valence-corrected chi connectivity index (χ4v) is 7.16. The van der Waals surface area contributed by atoms with Crippen molar-refractivity contribution in [1.29, 1.82) is 0 Å². The van der Waals surface area contributed by atoms with Gasteiger partial charge in [-0.2, -0.15) is 0 Å². The number of rotatable bonds is 4. The molecule has 0 spiro atoms. The van der Waals surface area contributed by atoms with Gasteiger partial charge in [-0.15, -0.1) is 0 Å². The average Bonchev–Trinajstić information content (AvgIpc) is 3.61. The van der Waals surface area contributed by atoms with Crippen molar-refractivity contribution >= 4 is 12.0 Å². The second kappa shape index (κ2) is 9.03. The number of fused-ring (bicyclic) bond motifs is 1. The van der Waals surface area contributed by atoms with E-state index < -0.39 is 5.60 Å². The maximum Gasteiger partial charge on any atom is 0.410 e. The van der Waals surface area contributed by atoms with Gasteiger partial charge in [0.05, 0.1) is 31.4 Å². The summed E-state index contributed by atoms with van der Waals surface area (Å²) >= 11 is 0. The van der Waals surface area contributed by atoms with Crippen LogP contribution >= 0.6 is 0 Å². The molecule has 0 bridgehead atoms. The predicted molar refractivity (Wildman–Crippen MR) is 123 cm³/mol. The van der Waals surface area contributed by atoms with Crippen LogP contribution in [0.15, 0.2) is 0 Å². The summed E-state index contributed by atoms with van der Waals surface area (Å²) in [5.41, 5.74) is -0.594. The molecule has 5 fully saturated rings. The van der Waals surface area contributed by atoms with E-state index in [1.807, 2.05) is 18.7 Å². The van der Waals surface area contributed by atoms with Crippen LogP contribution in [-0.2, 0) is 14.3 Å². The molecule has 2 aliphatic heterocycles. The van der Waals surface area contributed by atoms with Crippen molar-refractivity contribution in [2.45, 2.75) is 108 Å². The van der Waals surface area contributed by atoms with Gasteiger partial charge in [-0.25, -0.2) is 4.79 Å². The van der Waals surface area contributed by atoms with Gasteiger partial charge in [0.2, 0.25) is 5.91 Å². The van der Waals surface area contributed by atoms with Gasteiger partial charge in [-0.05, 0) is 96.3 Å². The zero-order chi connectivity index (χ0) is 23.3. The SMILES string of the molecule is CC(C)OC(=O)N1C[C@H](C)N(C(=O)C2CC2)C2CCC(C3CCC(C4(O)COC4)CC3)CC21. The molecule has 3 unspecified atom stereocenters. The Morgan fingerprint density at radius 1 is 0.970 bits per heavy atom. The second-order valence-corrected chi connectivity index (χ2v) is 11.9. The van der Waals surface area contributed by atoms with Crippen molar-refractivity contribution in [2.75, 3.05) is 19.8 Å². The van der Waals surface area contributed by atoms with Gasteiger partial charge in [0.1, 0.15) is 5.60 Å². The van der Waals surface area contributed by atoms with Crippen LogP contribution < -0.4 is 0 Å². The van der Waals surface area contributed by atoms with E-state index in [4.69, 9.17) is 9.47 Å². The van der Waals surface area contributed by atoms with Crippen LogP contribution in [-0.4, -0.2) is 76.5 Å². The first-order valence-electron chi connectivity index (χ1n) is 13.4. The zero-order valence-electron chi connectivity index (χ0n) is 20.6. The monoisotopic (exact) mass is 462 g/mol. The molecular formula is C26H42N2O5. The summed E-state index contributed by atoms with van der Waals surface area (Å²) in [5.74, 6) is 2.08. The zero-order valence-corrected chi connectivity index (χ0v) is 20.6. The summed E-state index contributed by atoms with van der Waals surface area (Å²) in [5, 5.41) is 10.7. The Bertz CT molecular complexity index is 741. The number of carbonyl (C=O) groups excluding carboxylic acids is 2. The van der Waals surface area contributed by atoms with Gasteiger partial charge >= 0.3 is 6.09 Å². The Morgan fingerprint density at radius 2 is 1.64 bits per heavy atom. The van der Waals surface area contributed by atoms with Gasteiger partial charge in [0, 0.05) is 18.5 Å². The highest BCUT2D eigenvalue weighted by atomic mass is 16.6. The van der Waals surface area contributed by atoms with Crippen molar-refractivity contribution in [2.24, 2.45) is 23.7 Å². The smallest absolute Gasteiger partial charge is 0.410 e. The van der Waals surface area contributed by atoms with Crippen LogP contribution in [0, 0.1) is 23.7 Å². The highest BCUT2D eigenvalue weighted by Crippen LogP contribution is 2.47. The van der Waals surface area contributed by atoms with Gasteiger partial charge in [0.15, 0.2) is 0 Å². The quantitative estimate of drug-likeness (QED) is 0.691. The minimum atomic E-state index is -0.594. The molecule has 186 valence electrons. The number of nitrogens with zero attached hydrogens (tertiary/aromatic N) is 2. The molecule has 1 N–H and O–H groups in total. The van der Waals surface area contributed by atoms with E-state index in [1.54, 1.807) is 0 Å². The summed E-state index contributed by atoms with van der Waals surface area (Å²) in [7, 11) is 0. The first-order chi connectivity index (χ1) is 15.8. The number of amides is 2. The van der Waals surface area contributed by atoms with Crippen molar-refractivity contribution in [3.05, 3.63) is 0 Å². The molecule has 0 aromatic rings. The molecule has 4 atom stereocenters. The fraction of sp³-hybridized carbons (Fsp3) is 0.923. The lowest BCUT2D eigenvalue weighted by Gasteiger charge is -2.55. The third-order valence-corrected chi connectivity index (χ3v) is 9.17. The van der Waals surface area contributed by atoms with E-state index in [-0.39, 0.29) is 36.2 Å². The number of ether oxygens (including phenoxy) is 2. The van der Waals surface area contributed by atoms with Crippen LogP contribution in [0.2, 0.25) is 0 Å². The summed E-state index contributed by atoms with van der Waals surface area (Å²) < 4.78 is 10.9. The van der Waals surface area contributed by atoms with E-state index in [2.05, 4.69) is 11.8 Å². The number of hydrogen-bond acceptors (Lipinski definition) is 5. The Kier molecular flexibility index (Phi) is 6.40. The van der Waals surface area contributed by atoms with Crippen molar-refractivity contribution in [3.8, 4) is 0 Å². The minimum absolute atomic E-state index is 0.0384. The maximum absolute atomic E-state index is 13.2. The number of piperazine rings is 1. The minimum Gasteiger partial charge on any atom is -0.447 e. The first-order valence-corrected chi connectivity index (χ1v) is 13.4. The highest BCUT2D eigenvalue weighted by molar-refractivity contribution is 5.82. The lowest BCUT2D eigenvalue weighted by atomic mass is 9.65. The predicted octanol–water partition coefficient (Wildman–Crippen LogP) is 3.58. The number of carbonyl (C=O) groups is 2. The Morgan fingerprint density at radius 3 is 2.21 bits per heavy atom. The van der Waals surface area contributed by atoms with Crippen LogP contribution in [0.25, 0.3) is 0 Å². The van der Waals surface area contributed by atoms with Crippen molar-refractivity contribution < 1.29 is 24.2 Å². The lowest BCUT2D eigenvalue weighted by Crippen LogP contribution is -2.67. The Labute approximate surface area is 198 Å². The molecule has 0 aromatic carbocycles. The second-order valence-electron chi connectivity index (χ2n) is 11.9. The molecular weight excluding hydrogens is 420 g/mol. The third kappa shape index (κ3) is 4.52. The topological polar surface area (TPSA) is 79.3 Å². The average molecular weight is 463 g/mol. The van der Waals surface area contributed by atoms with Gasteiger partial charge < -0.3 is 24.4 Å². The van der Waals surface area contributed by atoms with Crippen molar-refractivity contribution in [1.82, 2.24) is 9.80 Å². The molecule has 0 radical (unpaired) electrons. The van der Waals surface area contributed by atoms with Crippen LogP contribution in [0.1, 0.15) is 78.6 Å². The van der Waals surface area contributed by atoms with Crippen molar-refractivity contribution in [3.63, 3.8) is 0 Å². The van der Waals surface area contributed by atoms with E-state index in [1.165, 1.54) is 0 Å². The lowest BCUT2D eigenvalue weighted by molar-refractivity contribution is -0.214. The molecule has 3 aliphatic carbocycles. The van der Waals surface area contributed by atoms with E-state index in [0.29, 0.717) is 43.4 Å². The summed E-state index contributed by atoms with van der Waals surface area (Å²) in [6, 6.07) is 0.203. The molecule has 2 heterocycles. The molecule has 3 saturated carbocycles. The molecule has 7 heteroatoms. The first kappa shape index (κ1) is 23.4. The number of aliphatic hydroxyl groups is 1. The normalized spacial score (nSPS) is 38.5. The summed E-state index contributed by atoms with van der Waals surface area (Å²) in [6.45, 7) is 7.44. The molecule has 0 aromatic heterocycles. The van der Waals surface area contributed by atoms with Gasteiger partial charge in [-0.1, -0.05) is 0 Å². The van der Waals surface area contributed by atoms with Gasteiger partial charge in [0.25, 0.3) is 0 Å². The molecule has 7 nitrogen and oxygen atoms in total. The Balaban J connectivity index is 1.29. The molecule has 5 aliphatic rings. The van der Waals surface area contributed by atoms with E-state index in [0.717, 1.165) is 57.8 Å². The maximum atomic E-state index is 13.2. The molecule has 5 rings (SSSR count). The van der Waals surface area contributed by atoms with E-state index in [9.17, 15) is 14.7 Å². The summed E-state index contributed by atoms with van der Waals surface area (Å²) in [6.07, 6.45) is 9.15. The third-order valence-electron chi connectivity index (χ3n) is 9.17. The number of hydrogen-bond donors (Lipinski definition) is 1. The molecule has 33 heavy (non-hydrogen) atoms. The van der Waals surface area contributed by atoms with Crippen LogP contribution in [0.3, 0.4) is 0 Å². The van der Waals surface area contributed by atoms with Gasteiger partial charge in [-0.3, -0.25) is 4.79 Å². The molecule has 2 saturated heterocycles. The van der Waals surface area contributed by atoms with E-state index >= 15 is 0 Å². The Hall–Kier alpha value is -1.34. The largest absolute Gasteiger partial charge is 0.447 e. The summed E-state index contributed by atoms with van der Waals surface area (Å²) in [4.78, 5) is 30.4. The van der Waals surface area contributed by atoms with Crippen LogP contribution in [0.4, 0.5) is 4.79 Å². The van der Waals surface area contributed by atoms with Crippen LogP contribution in [0.5, 0.6) is 0 Å². The highest BCUT2D eigenvalue weighted by Gasteiger charge is 2.51. The fourth-order valence-electron chi connectivity index (χ4n) is 7.16.